The lowest BCUT2D eigenvalue weighted by atomic mass is 9.94. The highest BCUT2D eigenvalue weighted by Gasteiger charge is 2.12. The Labute approximate surface area is 136 Å². The van der Waals surface area contributed by atoms with Gasteiger partial charge in [-0.1, -0.05) is 12.1 Å². The van der Waals surface area contributed by atoms with Gasteiger partial charge in [0.05, 0.1) is 20.3 Å². The molecule has 0 aliphatic rings. The standard InChI is InChI=1S/C19H19NO3/c1-12-9-15(11-19(23-4)13(12)2)16(7-8-20)14-5-6-18(22-3)17(21)10-14/h5-7,9-11,21H,1-4H3. The molecule has 2 aromatic rings. The second-order valence-electron chi connectivity index (χ2n) is 5.19. The van der Waals surface area contributed by atoms with Crippen LogP contribution in [0.4, 0.5) is 0 Å². The van der Waals surface area contributed by atoms with Gasteiger partial charge in [-0.05, 0) is 59.9 Å². The number of rotatable bonds is 4. The van der Waals surface area contributed by atoms with Gasteiger partial charge in [0.1, 0.15) is 5.75 Å². The number of phenols is 1. The predicted molar refractivity (Wildman–Crippen MR) is 89.8 cm³/mol. The maximum Gasteiger partial charge on any atom is 0.160 e. The van der Waals surface area contributed by atoms with E-state index in [1.165, 1.54) is 13.2 Å². The first-order valence-electron chi connectivity index (χ1n) is 7.14. The van der Waals surface area contributed by atoms with E-state index in [1.54, 1.807) is 19.2 Å². The van der Waals surface area contributed by atoms with E-state index >= 15 is 0 Å². The van der Waals surface area contributed by atoms with Crippen molar-refractivity contribution in [2.75, 3.05) is 14.2 Å². The molecule has 0 bridgehead atoms. The second kappa shape index (κ2) is 6.89. The number of aryl methyl sites for hydroxylation is 1. The Morgan fingerprint density at radius 1 is 1.04 bits per heavy atom. The Morgan fingerprint density at radius 3 is 2.30 bits per heavy atom. The largest absolute Gasteiger partial charge is 0.504 e. The molecular formula is C19H19NO3. The number of methoxy groups -OCH3 is 2. The van der Waals surface area contributed by atoms with Gasteiger partial charge in [-0.3, -0.25) is 0 Å². The molecule has 118 valence electrons. The minimum absolute atomic E-state index is 0.0321. The SMILES string of the molecule is COc1ccc(C(=CC#N)c2cc(C)c(C)c(OC)c2)cc1O. The first kappa shape index (κ1) is 16.4. The van der Waals surface area contributed by atoms with E-state index < -0.39 is 0 Å². The number of aromatic hydroxyl groups is 1. The molecular weight excluding hydrogens is 290 g/mol. The van der Waals surface area contributed by atoms with Crippen LogP contribution in [0.1, 0.15) is 22.3 Å². The van der Waals surface area contributed by atoms with Crippen LogP contribution in [0.2, 0.25) is 0 Å². The van der Waals surface area contributed by atoms with Crippen molar-refractivity contribution in [3.8, 4) is 23.3 Å². The molecule has 1 N–H and O–H groups in total. The molecule has 0 unspecified atom stereocenters. The van der Waals surface area contributed by atoms with Crippen LogP contribution in [0.3, 0.4) is 0 Å². The van der Waals surface area contributed by atoms with Gasteiger partial charge in [-0.2, -0.15) is 5.26 Å². The first-order valence-corrected chi connectivity index (χ1v) is 7.14. The van der Waals surface area contributed by atoms with Gasteiger partial charge >= 0.3 is 0 Å². The normalized spacial score (nSPS) is 11.0. The van der Waals surface area contributed by atoms with Gasteiger partial charge in [-0.15, -0.1) is 0 Å². The number of ether oxygens (including phenoxy) is 2. The Kier molecular flexibility index (Phi) is 4.92. The smallest absolute Gasteiger partial charge is 0.160 e. The van der Waals surface area contributed by atoms with E-state index in [0.717, 1.165) is 28.0 Å². The number of benzene rings is 2. The molecule has 0 saturated heterocycles. The van der Waals surface area contributed by atoms with Crippen LogP contribution in [0.25, 0.3) is 5.57 Å². The minimum atomic E-state index is 0.0321. The average Bonchev–Trinajstić information content (AvgIpc) is 2.55. The van der Waals surface area contributed by atoms with Gasteiger partial charge in [-0.25, -0.2) is 0 Å². The highest BCUT2D eigenvalue weighted by atomic mass is 16.5. The Bertz CT molecular complexity index is 801. The second-order valence-corrected chi connectivity index (χ2v) is 5.19. The lowest BCUT2D eigenvalue weighted by Gasteiger charge is -2.14. The van der Waals surface area contributed by atoms with E-state index in [0.29, 0.717) is 11.3 Å². The van der Waals surface area contributed by atoms with E-state index in [9.17, 15) is 5.11 Å². The quantitative estimate of drug-likeness (QED) is 0.868. The van der Waals surface area contributed by atoms with Crippen LogP contribution in [-0.2, 0) is 0 Å². The fourth-order valence-electron chi connectivity index (χ4n) is 2.45. The van der Waals surface area contributed by atoms with Crippen LogP contribution < -0.4 is 9.47 Å². The summed E-state index contributed by atoms with van der Waals surface area (Å²) < 4.78 is 10.5. The molecule has 0 aliphatic heterocycles. The number of nitriles is 1. The van der Waals surface area contributed by atoms with Crippen molar-refractivity contribution in [3.63, 3.8) is 0 Å². The minimum Gasteiger partial charge on any atom is -0.504 e. The molecule has 4 heteroatoms. The molecule has 23 heavy (non-hydrogen) atoms. The molecule has 0 saturated carbocycles. The molecule has 4 nitrogen and oxygen atoms in total. The van der Waals surface area contributed by atoms with E-state index in [1.807, 2.05) is 32.0 Å². The maximum atomic E-state index is 10.00. The van der Waals surface area contributed by atoms with Crippen LogP contribution in [0.5, 0.6) is 17.2 Å². The van der Waals surface area contributed by atoms with Crippen LogP contribution in [-0.4, -0.2) is 19.3 Å². The van der Waals surface area contributed by atoms with Crippen molar-refractivity contribution < 1.29 is 14.6 Å². The summed E-state index contributed by atoms with van der Waals surface area (Å²) in [7, 11) is 3.12. The summed E-state index contributed by atoms with van der Waals surface area (Å²) in [5.74, 6) is 1.19. The molecule has 0 atom stereocenters. The zero-order valence-corrected chi connectivity index (χ0v) is 13.7. The van der Waals surface area contributed by atoms with Gasteiger partial charge in [0.25, 0.3) is 0 Å². The Balaban J connectivity index is 2.61. The number of phenolic OH excluding ortho intramolecular Hbond substituents is 1. The molecule has 0 fully saturated rings. The number of hydrogen-bond acceptors (Lipinski definition) is 4. The Morgan fingerprint density at radius 2 is 1.74 bits per heavy atom. The van der Waals surface area contributed by atoms with Crippen molar-refractivity contribution in [3.05, 3.63) is 58.7 Å². The van der Waals surface area contributed by atoms with Gasteiger partial charge < -0.3 is 14.6 Å². The fourth-order valence-corrected chi connectivity index (χ4v) is 2.45. The van der Waals surface area contributed by atoms with Crippen LogP contribution in [0, 0.1) is 25.2 Å². The molecule has 0 aliphatic carbocycles. The third-order valence-electron chi connectivity index (χ3n) is 3.85. The molecule has 2 aromatic carbocycles. The summed E-state index contributed by atoms with van der Waals surface area (Å²) in [5.41, 5.74) is 4.43. The van der Waals surface area contributed by atoms with Crippen molar-refractivity contribution in [1.82, 2.24) is 0 Å². The van der Waals surface area contributed by atoms with Gasteiger partial charge in [0, 0.05) is 6.08 Å². The lowest BCUT2D eigenvalue weighted by molar-refractivity contribution is 0.373. The summed E-state index contributed by atoms with van der Waals surface area (Å²) in [6, 6.07) is 11.0. The summed E-state index contributed by atoms with van der Waals surface area (Å²) in [6.07, 6.45) is 1.46. The number of allylic oxidation sites excluding steroid dienone is 1. The lowest BCUT2D eigenvalue weighted by Crippen LogP contribution is -1.95. The molecule has 0 amide bonds. The molecule has 0 aromatic heterocycles. The third kappa shape index (κ3) is 3.29. The van der Waals surface area contributed by atoms with Gasteiger partial charge in [0.15, 0.2) is 11.5 Å². The fraction of sp³-hybridized carbons (Fsp3) is 0.211. The van der Waals surface area contributed by atoms with Crippen LogP contribution >= 0.6 is 0 Å². The summed E-state index contributed by atoms with van der Waals surface area (Å²) >= 11 is 0. The van der Waals surface area contributed by atoms with Gasteiger partial charge in [0.2, 0.25) is 0 Å². The van der Waals surface area contributed by atoms with Crippen molar-refractivity contribution in [1.29, 1.82) is 5.26 Å². The molecule has 0 spiro atoms. The first-order chi connectivity index (χ1) is 11.0. The predicted octanol–water partition coefficient (Wildman–Crippen LogP) is 3.98. The van der Waals surface area contributed by atoms with E-state index in [2.05, 4.69) is 6.07 Å². The van der Waals surface area contributed by atoms with Crippen molar-refractivity contribution >= 4 is 5.57 Å². The summed E-state index contributed by atoms with van der Waals surface area (Å²) in [4.78, 5) is 0. The topological polar surface area (TPSA) is 62.5 Å². The monoisotopic (exact) mass is 309 g/mol. The van der Waals surface area contributed by atoms with E-state index in [-0.39, 0.29) is 5.75 Å². The van der Waals surface area contributed by atoms with Crippen molar-refractivity contribution in [2.45, 2.75) is 13.8 Å². The molecule has 2 rings (SSSR count). The molecule has 0 heterocycles. The van der Waals surface area contributed by atoms with Crippen LogP contribution in [0.15, 0.2) is 36.4 Å². The summed E-state index contributed by atoms with van der Waals surface area (Å²) in [5, 5.41) is 19.1. The third-order valence-corrected chi connectivity index (χ3v) is 3.85. The number of hydrogen-bond donors (Lipinski definition) is 1. The maximum absolute atomic E-state index is 10.00. The highest BCUT2D eigenvalue weighted by Crippen LogP contribution is 2.34. The average molecular weight is 309 g/mol. The summed E-state index contributed by atoms with van der Waals surface area (Å²) in [6.45, 7) is 3.99. The van der Waals surface area contributed by atoms with Crippen molar-refractivity contribution in [2.24, 2.45) is 0 Å². The highest BCUT2D eigenvalue weighted by molar-refractivity contribution is 5.83. The molecule has 0 radical (unpaired) electrons. The van der Waals surface area contributed by atoms with E-state index in [4.69, 9.17) is 14.7 Å². The Hall–Kier alpha value is -2.93. The number of nitrogens with zero attached hydrogens (tertiary/aromatic N) is 1. The zero-order chi connectivity index (χ0) is 17.0. The zero-order valence-electron chi connectivity index (χ0n) is 13.7.